The molecular formula is C23H20ClN3O6. The fourth-order valence-electron chi connectivity index (χ4n) is 2.87. The number of hydrogen-bond donors (Lipinski definition) is 1. The number of nitro groups is 1. The average molecular weight is 470 g/mol. The molecule has 0 aliphatic carbocycles. The van der Waals surface area contributed by atoms with Crippen LogP contribution in [0, 0.1) is 10.1 Å². The second kappa shape index (κ2) is 11.0. The third kappa shape index (κ3) is 5.98. The van der Waals surface area contributed by atoms with Gasteiger partial charge < -0.3 is 14.2 Å². The first-order valence-corrected chi connectivity index (χ1v) is 10.0. The van der Waals surface area contributed by atoms with Crippen molar-refractivity contribution in [1.29, 1.82) is 0 Å². The zero-order valence-corrected chi connectivity index (χ0v) is 18.5. The summed E-state index contributed by atoms with van der Waals surface area (Å²) in [6.45, 7) is 0.268. The Balaban J connectivity index is 1.69. The fraction of sp³-hybridized carbons (Fsp3) is 0.130. The molecule has 0 saturated carbocycles. The van der Waals surface area contributed by atoms with Crippen LogP contribution in [0.4, 0.5) is 5.69 Å². The molecule has 0 aromatic heterocycles. The number of hydrogen-bond acceptors (Lipinski definition) is 7. The van der Waals surface area contributed by atoms with Gasteiger partial charge in [0.25, 0.3) is 11.6 Å². The molecule has 1 N–H and O–H groups in total. The SMILES string of the molecule is COc1cc(/C=N\NC(=O)c2cc([N+](=O)[O-])ccc2OC)ccc1OCc1ccccc1Cl. The number of rotatable bonds is 9. The summed E-state index contributed by atoms with van der Waals surface area (Å²) in [5.41, 5.74) is 3.56. The molecule has 0 saturated heterocycles. The average Bonchev–Trinajstić information content (AvgIpc) is 2.83. The highest BCUT2D eigenvalue weighted by atomic mass is 35.5. The molecule has 33 heavy (non-hydrogen) atoms. The quantitative estimate of drug-likeness (QED) is 0.278. The summed E-state index contributed by atoms with van der Waals surface area (Å²) >= 11 is 6.16. The molecule has 0 radical (unpaired) electrons. The molecule has 0 aliphatic rings. The van der Waals surface area contributed by atoms with Crippen molar-refractivity contribution in [2.45, 2.75) is 6.61 Å². The van der Waals surface area contributed by atoms with E-state index in [9.17, 15) is 14.9 Å². The smallest absolute Gasteiger partial charge is 0.275 e. The molecule has 0 heterocycles. The largest absolute Gasteiger partial charge is 0.496 e. The Labute approximate surface area is 194 Å². The van der Waals surface area contributed by atoms with Gasteiger partial charge in [0.2, 0.25) is 0 Å². The molecule has 0 atom stereocenters. The molecule has 0 unspecified atom stereocenters. The second-order valence-electron chi connectivity index (χ2n) is 6.63. The lowest BCUT2D eigenvalue weighted by Crippen LogP contribution is -2.18. The van der Waals surface area contributed by atoms with E-state index in [-0.39, 0.29) is 23.6 Å². The molecule has 0 aliphatic heterocycles. The van der Waals surface area contributed by atoms with E-state index in [0.717, 1.165) is 11.6 Å². The number of halogens is 1. The molecular weight excluding hydrogens is 450 g/mol. The van der Waals surface area contributed by atoms with E-state index >= 15 is 0 Å². The van der Waals surface area contributed by atoms with E-state index in [2.05, 4.69) is 10.5 Å². The molecule has 170 valence electrons. The fourth-order valence-corrected chi connectivity index (χ4v) is 3.06. The predicted molar refractivity (Wildman–Crippen MR) is 123 cm³/mol. The van der Waals surface area contributed by atoms with Crippen molar-refractivity contribution in [3.63, 3.8) is 0 Å². The molecule has 0 bridgehead atoms. The summed E-state index contributed by atoms with van der Waals surface area (Å²) in [4.78, 5) is 22.8. The summed E-state index contributed by atoms with van der Waals surface area (Å²) in [5.74, 6) is 0.520. The Kier molecular flexibility index (Phi) is 7.82. The minimum atomic E-state index is -0.654. The lowest BCUT2D eigenvalue weighted by molar-refractivity contribution is -0.384. The lowest BCUT2D eigenvalue weighted by Gasteiger charge is -2.12. The molecule has 0 spiro atoms. The maximum Gasteiger partial charge on any atom is 0.275 e. The third-order valence-electron chi connectivity index (χ3n) is 4.55. The normalized spacial score (nSPS) is 10.6. The number of nitro benzene ring substituents is 1. The van der Waals surface area contributed by atoms with Gasteiger partial charge in [0.1, 0.15) is 12.4 Å². The van der Waals surface area contributed by atoms with Crippen LogP contribution in [0.1, 0.15) is 21.5 Å². The van der Waals surface area contributed by atoms with Crippen molar-refractivity contribution in [1.82, 2.24) is 5.43 Å². The van der Waals surface area contributed by atoms with Crippen LogP contribution < -0.4 is 19.6 Å². The molecule has 9 nitrogen and oxygen atoms in total. The first-order valence-electron chi connectivity index (χ1n) is 9.63. The number of nitrogens with one attached hydrogen (secondary N) is 1. The summed E-state index contributed by atoms with van der Waals surface area (Å²) in [6.07, 6.45) is 1.40. The Bertz CT molecular complexity index is 1200. The molecule has 3 aromatic rings. The first-order chi connectivity index (χ1) is 15.9. The van der Waals surface area contributed by atoms with Crippen molar-refractivity contribution in [2.24, 2.45) is 5.10 Å². The van der Waals surface area contributed by atoms with E-state index < -0.39 is 10.8 Å². The number of ether oxygens (including phenoxy) is 3. The third-order valence-corrected chi connectivity index (χ3v) is 4.92. The van der Waals surface area contributed by atoms with Crippen LogP contribution in [0.25, 0.3) is 0 Å². The zero-order valence-electron chi connectivity index (χ0n) is 17.8. The van der Waals surface area contributed by atoms with Gasteiger partial charge in [0, 0.05) is 22.7 Å². The van der Waals surface area contributed by atoms with Crippen LogP contribution in [0.5, 0.6) is 17.2 Å². The van der Waals surface area contributed by atoms with Crippen LogP contribution >= 0.6 is 11.6 Å². The molecule has 3 rings (SSSR count). The second-order valence-corrected chi connectivity index (χ2v) is 7.04. The molecule has 1 amide bonds. The van der Waals surface area contributed by atoms with Gasteiger partial charge in [-0.05, 0) is 35.9 Å². The Morgan fingerprint density at radius 1 is 1.06 bits per heavy atom. The highest BCUT2D eigenvalue weighted by molar-refractivity contribution is 6.31. The van der Waals surface area contributed by atoms with Crippen molar-refractivity contribution >= 4 is 29.4 Å². The number of carbonyl (C=O) groups excluding carboxylic acids is 1. The highest BCUT2D eigenvalue weighted by Crippen LogP contribution is 2.29. The van der Waals surface area contributed by atoms with Crippen LogP contribution in [0.3, 0.4) is 0 Å². The minimum Gasteiger partial charge on any atom is -0.496 e. The Hall–Kier alpha value is -4.11. The predicted octanol–water partition coefficient (Wildman–Crippen LogP) is 4.61. The number of methoxy groups -OCH3 is 2. The van der Waals surface area contributed by atoms with Gasteiger partial charge in [-0.2, -0.15) is 5.10 Å². The van der Waals surface area contributed by atoms with Crippen molar-refractivity contribution in [3.8, 4) is 17.2 Å². The number of non-ortho nitro benzene ring substituents is 1. The van der Waals surface area contributed by atoms with Crippen molar-refractivity contribution < 1.29 is 23.9 Å². The van der Waals surface area contributed by atoms with Gasteiger partial charge in [-0.3, -0.25) is 14.9 Å². The molecule has 10 heteroatoms. The van der Waals surface area contributed by atoms with Crippen LogP contribution in [-0.2, 0) is 6.61 Å². The van der Waals surface area contributed by atoms with Gasteiger partial charge in [-0.1, -0.05) is 29.8 Å². The first kappa shape index (κ1) is 23.6. The Morgan fingerprint density at radius 2 is 1.79 bits per heavy atom. The van der Waals surface area contributed by atoms with Crippen LogP contribution in [-0.4, -0.2) is 31.3 Å². The number of amides is 1. The van der Waals surface area contributed by atoms with E-state index in [4.69, 9.17) is 25.8 Å². The minimum absolute atomic E-state index is 0.00949. The topological polar surface area (TPSA) is 112 Å². The summed E-state index contributed by atoms with van der Waals surface area (Å²) in [7, 11) is 2.87. The molecule has 3 aromatic carbocycles. The summed E-state index contributed by atoms with van der Waals surface area (Å²) in [5, 5.41) is 15.5. The lowest BCUT2D eigenvalue weighted by atomic mass is 10.1. The highest BCUT2D eigenvalue weighted by Gasteiger charge is 2.17. The Morgan fingerprint density at radius 3 is 2.48 bits per heavy atom. The van der Waals surface area contributed by atoms with Crippen molar-refractivity contribution in [3.05, 3.63) is 92.5 Å². The van der Waals surface area contributed by atoms with Crippen molar-refractivity contribution in [2.75, 3.05) is 14.2 Å². The standard InChI is InChI=1S/C23H20ClN3O6/c1-31-20-10-8-17(27(29)30)12-18(20)23(28)26-25-13-15-7-9-21(22(11-15)32-2)33-14-16-5-3-4-6-19(16)24/h3-13H,14H2,1-2H3,(H,26,28)/b25-13-. The van der Waals surface area contributed by atoms with E-state index in [1.54, 1.807) is 24.3 Å². The van der Waals surface area contributed by atoms with Gasteiger partial charge in [0.15, 0.2) is 11.5 Å². The van der Waals surface area contributed by atoms with Gasteiger partial charge in [-0.15, -0.1) is 0 Å². The number of carbonyl (C=O) groups is 1. The maximum atomic E-state index is 12.4. The van der Waals surface area contributed by atoms with Crippen LogP contribution in [0.15, 0.2) is 65.8 Å². The number of nitrogens with zero attached hydrogens (tertiary/aromatic N) is 2. The molecule has 0 fully saturated rings. The zero-order chi connectivity index (χ0) is 23.8. The maximum absolute atomic E-state index is 12.4. The van der Waals surface area contributed by atoms with Crippen LogP contribution in [0.2, 0.25) is 5.02 Å². The monoisotopic (exact) mass is 469 g/mol. The van der Waals surface area contributed by atoms with Gasteiger partial charge >= 0.3 is 0 Å². The van der Waals surface area contributed by atoms with E-state index in [1.165, 1.54) is 32.6 Å². The van der Waals surface area contributed by atoms with E-state index in [1.807, 2.05) is 18.2 Å². The summed E-state index contributed by atoms with van der Waals surface area (Å²) < 4.78 is 16.3. The van der Waals surface area contributed by atoms with Gasteiger partial charge in [0.05, 0.1) is 30.9 Å². The number of hydrazone groups is 1. The summed E-state index contributed by atoms with van der Waals surface area (Å²) in [6, 6.07) is 16.2. The van der Waals surface area contributed by atoms with Gasteiger partial charge in [-0.25, -0.2) is 5.43 Å². The number of benzene rings is 3. The van der Waals surface area contributed by atoms with E-state index in [0.29, 0.717) is 22.1 Å².